The van der Waals surface area contributed by atoms with Gasteiger partial charge in [-0.1, -0.05) is 60.7 Å². The Morgan fingerprint density at radius 3 is 1.56 bits per heavy atom. The molecule has 3 heteroatoms. The normalized spacial score (nSPS) is 13.2. The highest BCUT2D eigenvalue weighted by molar-refractivity contribution is 6.14. The third-order valence-corrected chi connectivity index (χ3v) is 9.14. The predicted molar refractivity (Wildman–Crippen MR) is 163 cm³/mol. The fourth-order valence-corrected chi connectivity index (χ4v) is 7.41. The minimum absolute atomic E-state index is 0.0218. The maximum Gasteiger partial charge on any atom is 0.140 e. The van der Waals surface area contributed by atoms with E-state index >= 15 is 0 Å². The molecule has 0 spiro atoms. The predicted octanol–water partition coefficient (Wildman–Crippen LogP) is 10.2. The zero-order chi connectivity index (χ0) is 26.8. The van der Waals surface area contributed by atoms with Crippen molar-refractivity contribution >= 4 is 43.9 Å². The summed E-state index contributed by atoms with van der Waals surface area (Å²) >= 11 is 0. The fourth-order valence-electron chi connectivity index (χ4n) is 7.41. The second-order valence-electron chi connectivity index (χ2n) is 11.1. The SMILES string of the molecule is N#Cc1ccc(-c2cc3c4c(c2)-c2ccc5c(oc6ccccc65)c2C4c2c-3ccc3c2oc2ccccc23)cc1. The average molecular weight is 522 g/mol. The fraction of sp³-hybridized carbons (Fsp3) is 0.0263. The van der Waals surface area contributed by atoms with Gasteiger partial charge in [-0.15, -0.1) is 0 Å². The molecule has 0 unspecified atom stereocenters. The van der Waals surface area contributed by atoms with Crippen molar-refractivity contribution in [2.24, 2.45) is 0 Å². The molecule has 8 aromatic rings. The summed E-state index contributed by atoms with van der Waals surface area (Å²) in [4.78, 5) is 0. The van der Waals surface area contributed by atoms with E-state index in [-0.39, 0.29) is 5.92 Å². The Bertz CT molecular complexity index is 2340. The van der Waals surface area contributed by atoms with Crippen molar-refractivity contribution in [1.29, 1.82) is 5.26 Å². The van der Waals surface area contributed by atoms with Crippen molar-refractivity contribution in [3.63, 3.8) is 0 Å². The molecule has 0 atom stereocenters. The van der Waals surface area contributed by atoms with Crippen LogP contribution in [0.3, 0.4) is 0 Å². The van der Waals surface area contributed by atoms with Crippen molar-refractivity contribution < 1.29 is 8.83 Å². The Morgan fingerprint density at radius 1 is 0.488 bits per heavy atom. The van der Waals surface area contributed by atoms with Gasteiger partial charge in [0.1, 0.15) is 22.3 Å². The molecule has 0 radical (unpaired) electrons. The molecule has 3 nitrogen and oxygen atoms in total. The van der Waals surface area contributed by atoms with Crippen molar-refractivity contribution in [3.8, 4) is 39.4 Å². The third kappa shape index (κ3) is 2.58. The topological polar surface area (TPSA) is 50.1 Å². The first-order valence-corrected chi connectivity index (χ1v) is 13.9. The molecule has 6 aromatic carbocycles. The summed E-state index contributed by atoms with van der Waals surface area (Å²) in [5, 5.41) is 13.9. The highest BCUT2D eigenvalue weighted by Crippen LogP contribution is 2.62. The molecule has 0 N–H and O–H groups in total. The van der Waals surface area contributed by atoms with Crippen LogP contribution in [0.1, 0.15) is 28.2 Å². The molecule has 0 amide bonds. The van der Waals surface area contributed by atoms with Crippen molar-refractivity contribution in [2.45, 2.75) is 5.92 Å². The van der Waals surface area contributed by atoms with Gasteiger partial charge in [0.05, 0.1) is 11.6 Å². The van der Waals surface area contributed by atoms with Gasteiger partial charge in [-0.2, -0.15) is 5.26 Å². The van der Waals surface area contributed by atoms with Gasteiger partial charge >= 0.3 is 0 Å². The van der Waals surface area contributed by atoms with E-state index in [4.69, 9.17) is 8.83 Å². The maximum absolute atomic E-state index is 9.34. The van der Waals surface area contributed by atoms with Crippen LogP contribution in [0.5, 0.6) is 0 Å². The molecule has 2 aromatic heterocycles. The van der Waals surface area contributed by atoms with E-state index in [9.17, 15) is 5.26 Å². The van der Waals surface area contributed by atoms with Crippen LogP contribution in [0.4, 0.5) is 0 Å². The molecular weight excluding hydrogens is 502 g/mol. The summed E-state index contributed by atoms with van der Waals surface area (Å²) in [6, 6.07) is 40.3. The number of nitriles is 1. The number of hydrogen-bond acceptors (Lipinski definition) is 3. The van der Waals surface area contributed by atoms with E-state index in [1.807, 2.05) is 36.4 Å². The summed E-state index contributed by atoms with van der Waals surface area (Å²) in [5.74, 6) is 0.0218. The third-order valence-electron chi connectivity index (χ3n) is 9.14. The Labute approximate surface area is 234 Å². The number of fused-ring (bicyclic) bond motifs is 14. The Kier molecular flexibility index (Phi) is 3.80. The maximum atomic E-state index is 9.34. The molecule has 41 heavy (non-hydrogen) atoms. The number of rotatable bonds is 1. The van der Waals surface area contributed by atoms with Crippen LogP contribution in [0.2, 0.25) is 0 Å². The molecule has 0 saturated carbocycles. The number of para-hydroxylation sites is 2. The van der Waals surface area contributed by atoms with E-state index in [2.05, 4.69) is 78.9 Å². The molecule has 188 valence electrons. The molecule has 0 fully saturated rings. The molecule has 0 saturated heterocycles. The number of nitrogens with zero attached hydrogens (tertiary/aromatic N) is 1. The molecule has 2 heterocycles. The molecule has 2 aliphatic carbocycles. The molecule has 2 aliphatic rings. The molecule has 10 rings (SSSR count). The highest BCUT2D eigenvalue weighted by Gasteiger charge is 2.43. The van der Waals surface area contributed by atoms with E-state index in [1.165, 1.54) is 38.9 Å². The summed E-state index contributed by atoms with van der Waals surface area (Å²) in [6.45, 7) is 0. The number of furan rings is 2. The average Bonchev–Trinajstić information content (AvgIpc) is 3.76. The van der Waals surface area contributed by atoms with Gasteiger partial charge in [0.2, 0.25) is 0 Å². The lowest BCUT2D eigenvalue weighted by Crippen LogP contribution is -1.96. The minimum Gasteiger partial charge on any atom is -0.456 e. The first-order chi connectivity index (χ1) is 20.3. The lowest BCUT2D eigenvalue weighted by molar-refractivity contribution is 0.656. The van der Waals surface area contributed by atoms with E-state index < -0.39 is 0 Å². The van der Waals surface area contributed by atoms with E-state index in [0.717, 1.165) is 55.0 Å². The standard InChI is InChI=1S/C38H19NO2/c39-19-20-9-11-21(12-10-20)22-17-29-25-13-15-27-23-5-1-3-7-31(23)40-37(27)34(25)36-33(29)30(18-22)26-14-16-28-24-6-2-4-8-32(24)41-38(28)35(26)36/h1-18,36H. The smallest absolute Gasteiger partial charge is 0.140 e. The van der Waals surface area contributed by atoms with Crippen LogP contribution in [0, 0.1) is 11.3 Å². The van der Waals surface area contributed by atoms with Gasteiger partial charge in [-0.05, 0) is 87.5 Å². The summed E-state index contributed by atoms with van der Waals surface area (Å²) in [7, 11) is 0. The zero-order valence-electron chi connectivity index (χ0n) is 21.7. The first-order valence-electron chi connectivity index (χ1n) is 13.9. The molecule has 0 bridgehead atoms. The van der Waals surface area contributed by atoms with E-state index in [0.29, 0.717) is 5.56 Å². The molecule has 0 aliphatic heterocycles. The number of hydrogen-bond donors (Lipinski definition) is 0. The summed E-state index contributed by atoms with van der Waals surface area (Å²) in [6.07, 6.45) is 0. The van der Waals surface area contributed by atoms with Gasteiger partial charge in [0.25, 0.3) is 0 Å². The second-order valence-corrected chi connectivity index (χ2v) is 11.1. The minimum atomic E-state index is 0.0218. The van der Waals surface area contributed by atoms with Crippen LogP contribution >= 0.6 is 0 Å². The first kappa shape index (κ1) is 21.3. The van der Waals surface area contributed by atoms with Crippen LogP contribution in [0.15, 0.2) is 118 Å². The van der Waals surface area contributed by atoms with Gasteiger partial charge < -0.3 is 8.83 Å². The lowest BCUT2D eigenvalue weighted by atomic mass is 9.90. The van der Waals surface area contributed by atoms with Gasteiger partial charge in [0.15, 0.2) is 0 Å². The van der Waals surface area contributed by atoms with Crippen LogP contribution in [0.25, 0.3) is 77.3 Å². The monoisotopic (exact) mass is 521 g/mol. The van der Waals surface area contributed by atoms with Gasteiger partial charge in [0, 0.05) is 38.6 Å². The van der Waals surface area contributed by atoms with Gasteiger partial charge in [-0.25, -0.2) is 0 Å². The number of benzene rings is 6. The van der Waals surface area contributed by atoms with Crippen molar-refractivity contribution in [3.05, 3.63) is 131 Å². The van der Waals surface area contributed by atoms with Crippen molar-refractivity contribution in [1.82, 2.24) is 0 Å². The van der Waals surface area contributed by atoms with Crippen LogP contribution < -0.4 is 0 Å². The van der Waals surface area contributed by atoms with Gasteiger partial charge in [-0.3, -0.25) is 0 Å². The zero-order valence-corrected chi connectivity index (χ0v) is 21.7. The van der Waals surface area contributed by atoms with Crippen LogP contribution in [-0.4, -0.2) is 0 Å². The highest BCUT2D eigenvalue weighted by atomic mass is 16.3. The molecular formula is C38H19NO2. The van der Waals surface area contributed by atoms with Crippen LogP contribution in [-0.2, 0) is 0 Å². The Balaban J connectivity index is 1.35. The quantitative estimate of drug-likeness (QED) is 0.216. The van der Waals surface area contributed by atoms with E-state index in [1.54, 1.807) is 0 Å². The second kappa shape index (κ2) is 7.33. The largest absolute Gasteiger partial charge is 0.456 e. The summed E-state index contributed by atoms with van der Waals surface area (Å²) in [5.41, 5.74) is 15.3. The Hall–Kier alpha value is -5.59. The lowest BCUT2D eigenvalue weighted by Gasteiger charge is -2.12. The van der Waals surface area contributed by atoms with Crippen molar-refractivity contribution in [2.75, 3.05) is 0 Å². The Morgan fingerprint density at radius 2 is 1.02 bits per heavy atom. The summed E-state index contributed by atoms with van der Waals surface area (Å²) < 4.78 is 13.3.